The van der Waals surface area contributed by atoms with E-state index in [0.29, 0.717) is 15.8 Å². The van der Waals surface area contributed by atoms with Crippen LogP contribution in [0.15, 0.2) is 36.4 Å². The molecule has 0 fully saturated rings. The monoisotopic (exact) mass is 323 g/mol. The Morgan fingerprint density at radius 3 is 2.57 bits per heavy atom. The van der Waals surface area contributed by atoms with Gasteiger partial charge >= 0.3 is 0 Å². The van der Waals surface area contributed by atoms with Crippen molar-refractivity contribution in [2.75, 3.05) is 6.54 Å². The normalized spacial score (nSPS) is 10.7. The summed E-state index contributed by atoms with van der Waals surface area (Å²) in [7, 11) is 0. The van der Waals surface area contributed by atoms with Crippen molar-refractivity contribution in [2.24, 2.45) is 0 Å². The van der Waals surface area contributed by atoms with Gasteiger partial charge in [0.05, 0.1) is 5.02 Å². The number of benzene rings is 2. The van der Waals surface area contributed by atoms with Crippen LogP contribution >= 0.6 is 23.2 Å². The molecule has 1 N–H and O–H groups in total. The van der Waals surface area contributed by atoms with Crippen molar-refractivity contribution < 1.29 is 4.74 Å². The SMILES string of the molecule is CCCNCc1ccc(Oc2ccc(Cl)cc2Cl)cc1C. The molecule has 0 heterocycles. The minimum atomic E-state index is 0.508. The largest absolute Gasteiger partial charge is 0.456 e. The molecular formula is C17H19Cl2NO. The van der Waals surface area contributed by atoms with Crippen LogP contribution in [0.4, 0.5) is 0 Å². The summed E-state index contributed by atoms with van der Waals surface area (Å²) in [6.45, 7) is 6.14. The predicted molar refractivity (Wildman–Crippen MR) is 89.7 cm³/mol. The second kappa shape index (κ2) is 7.69. The molecule has 0 unspecified atom stereocenters. The molecule has 0 aliphatic rings. The van der Waals surface area contributed by atoms with Crippen LogP contribution < -0.4 is 10.1 Å². The number of hydrogen-bond acceptors (Lipinski definition) is 2. The summed E-state index contributed by atoms with van der Waals surface area (Å²) >= 11 is 12.0. The van der Waals surface area contributed by atoms with Gasteiger partial charge in [-0.15, -0.1) is 0 Å². The first-order chi connectivity index (χ1) is 10.1. The highest BCUT2D eigenvalue weighted by Gasteiger charge is 2.06. The Bertz CT molecular complexity index is 614. The van der Waals surface area contributed by atoms with Crippen LogP contribution in [0.1, 0.15) is 24.5 Å². The molecule has 0 aliphatic heterocycles. The summed E-state index contributed by atoms with van der Waals surface area (Å²) in [6, 6.07) is 11.3. The molecule has 2 aromatic carbocycles. The maximum Gasteiger partial charge on any atom is 0.146 e. The zero-order chi connectivity index (χ0) is 15.2. The molecule has 112 valence electrons. The van der Waals surface area contributed by atoms with Crippen molar-refractivity contribution in [3.05, 3.63) is 57.6 Å². The van der Waals surface area contributed by atoms with E-state index in [-0.39, 0.29) is 0 Å². The van der Waals surface area contributed by atoms with Gasteiger partial charge in [0.25, 0.3) is 0 Å². The minimum absolute atomic E-state index is 0.508. The summed E-state index contributed by atoms with van der Waals surface area (Å²) in [5.41, 5.74) is 2.47. The fourth-order valence-electron chi connectivity index (χ4n) is 2.01. The smallest absolute Gasteiger partial charge is 0.146 e. The second-order valence-corrected chi connectivity index (χ2v) is 5.79. The summed E-state index contributed by atoms with van der Waals surface area (Å²) in [5.74, 6) is 1.38. The van der Waals surface area contributed by atoms with E-state index >= 15 is 0 Å². The lowest BCUT2D eigenvalue weighted by Gasteiger charge is -2.11. The molecule has 0 aromatic heterocycles. The van der Waals surface area contributed by atoms with Crippen molar-refractivity contribution in [3.8, 4) is 11.5 Å². The molecule has 0 bridgehead atoms. The number of nitrogens with one attached hydrogen (secondary N) is 1. The highest BCUT2D eigenvalue weighted by Crippen LogP contribution is 2.32. The van der Waals surface area contributed by atoms with Crippen LogP contribution in [0.5, 0.6) is 11.5 Å². The fraction of sp³-hybridized carbons (Fsp3) is 0.294. The van der Waals surface area contributed by atoms with E-state index in [1.165, 1.54) is 11.1 Å². The second-order valence-electron chi connectivity index (χ2n) is 4.94. The third-order valence-electron chi connectivity index (χ3n) is 3.18. The molecule has 0 atom stereocenters. The van der Waals surface area contributed by atoms with E-state index in [9.17, 15) is 0 Å². The molecule has 2 rings (SSSR count). The minimum Gasteiger partial charge on any atom is -0.456 e. The topological polar surface area (TPSA) is 21.3 Å². The summed E-state index contributed by atoms with van der Waals surface area (Å²) < 4.78 is 5.81. The van der Waals surface area contributed by atoms with Crippen molar-refractivity contribution in [1.29, 1.82) is 0 Å². The maximum atomic E-state index is 6.12. The van der Waals surface area contributed by atoms with Crippen molar-refractivity contribution in [1.82, 2.24) is 5.32 Å². The van der Waals surface area contributed by atoms with Crippen LogP contribution in [0.3, 0.4) is 0 Å². The van der Waals surface area contributed by atoms with Gasteiger partial charge in [-0.05, 0) is 61.3 Å². The van der Waals surface area contributed by atoms with Gasteiger partial charge in [0.15, 0.2) is 0 Å². The van der Waals surface area contributed by atoms with Crippen molar-refractivity contribution >= 4 is 23.2 Å². The first kappa shape index (κ1) is 16.2. The molecular weight excluding hydrogens is 305 g/mol. The first-order valence-electron chi connectivity index (χ1n) is 7.03. The standard InChI is InChI=1S/C17H19Cl2NO/c1-3-8-20-11-13-4-6-15(9-12(13)2)21-17-7-5-14(18)10-16(17)19/h4-7,9-10,20H,3,8,11H2,1-2H3. The zero-order valence-electron chi connectivity index (χ0n) is 12.2. The van der Waals surface area contributed by atoms with Gasteiger partial charge in [0, 0.05) is 11.6 Å². The van der Waals surface area contributed by atoms with Crippen molar-refractivity contribution in [3.63, 3.8) is 0 Å². The van der Waals surface area contributed by atoms with Gasteiger partial charge in [0.1, 0.15) is 11.5 Å². The van der Waals surface area contributed by atoms with Gasteiger partial charge in [-0.2, -0.15) is 0 Å². The molecule has 0 saturated heterocycles. The number of halogens is 2. The third-order valence-corrected chi connectivity index (χ3v) is 3.71. The lowest BCUT2D eigenvalue weighted by atomic mass is 10.1. The molecule has 2 aromatic rings. The Labute approximate surface area is 136 Å². The maximum absolute atomic E-state index is 6.12. The number of rotatable bonds is 6. The fourth-order valence-corrected chi connectivity index (χ4v) is 2.46. The quantitative estimate of drug-likeness (QED) is 0.699. The van der Waals surface area contributed by atoms with Crippen LogP contribution in [0.25, 0.3) is 0 Å². The van der Waals surface area contributed by atoms with E-state index in [1.807, 2.05) is 12.1 Å². The van der Waals surface area contributed by atoms with Crippen molar-refractivity contribution in [2.45, 2.75) is 26.8 Å². The zero-order valence-corrected chi connectivity index (χ0v) is 13.8. The predicted octanol–water partition coefficient (Wildman–Crippen LogP) is 5.59. The lowest BCUT2D eigenvalue weighted by Crippen LogP contribution is -2.14. The average Bonchev–Trinajstić information content (AvgIpc) is 2.44. The Kier molecular flexibility index (Phi) is 5.92. The molecule has 0 saturated carbocycles. The van der Waals surface area contributed by atoms with E-state index in [0.717, 1.165) is 25.3 Å². The highest BCUT2D eigenvalue weighted by atomic mass is 35.5. The van der Waals surface area contributed by atoms with Crippen LogP contribution in [0.2, 0.25) is 10.0 Å². The van der Waals surface area contributed by atoms with Gasteiger partial charge in [0.2, 0.25) is 0 Å². The van der Waals surface area contributed by atoms with Crippen LogP contribution in [-0.2, 0) is 6.54 Å². The molecule has 4 heteroatoms. The van der Waals surface area contributed by atoms with Crippen LogP contribution in [0, 0.1) is 6.92 Å². The Morgan fingerprint density at radius 2 is 1.90 bits per heavy atom. The summed E-state index contributed by atoms with van der Waals surface area (Å²) in [4.78, 5) is 0. The van der Waals surface area contributed by atoms with Gasteiger partial charge in [-0.25, -0.2) is 0 Å². The lowest BCUT2D eigenvalue weighted by molar-refractivity contribution is 0.482. The van der Waals surface area contributed by atoms with Gasteiger partial charge in [-0.1, -0.05) is 36.2 Å². The highest BCUT2D eigenvalue weighted by molar-refractivity contribution is 6.35. The average molecular weight is 324 g/mol. The van der Waals surface area contributed by atoms with E-state index in [2.05, 4.69) is 25.2 Å². The number of ether oxygens (including phenoxy) is 1. The van der Waals surface area contributed by atoms with E-state index in [4.69, 9.17) is 27.9 Å². The summed E-state index contributed by atoms with van der Waals surface area (Å²) in [5, 5.41) is 4.51. The van der Waals surface area contributed by atoms with Gasteiger partial charge in [-0.3, -0.25) is 0 Å². The summed E-state index contributed by atoms with van der Waals surface area (Å²) in [6.07, 6.45) is 1.13. The number of hydrogen-bond donors (Lipinski definition) is 1. The third kappa shape index (κ3) is 4.63. The molecule has 2 nitrogen and oxygen atoms in total. The van der Waals surface area contributed by atoms with Gasteiger partial charge < -0.3 is 10.1 Å². The Balaban J connectivity index is 2.09. The Hall–Kier alpha value is -1.22. The molecule has 0 aliphatic carbocycles. The van der Waals surface area contributed by atoms with Crippen LogP contribution in [-0.4, -0.2) is 6.54 Å². The Morgan fingerprint density at radius 1 is 1.10 bits per heavy atom. The van der Waals surface area contributed by atoms with E-state index in [1.54, 1.807) is 18.2 Å². The molecule has 21 heavy (non-hydrogen) atoms. The first-order valence-corrected chi connectivity index (χ1v) is 7.79. The molecule has 0 spiro atoms. The molecule has 0 radical (unpaired) electrons. The number of aryl methyl sites for hydroxylation is 1. The van der Waals surface area contributed by atoms with E-state index < -0.39 is 0 Å². The molecule has 0 amide bonds.